The lowest BCUT2D eigenvalue weighted by atomic mass is 9.81. The Labute approximate surface area is 127 Å². The highest BCUT2D eigenvalue weighted by Gasteiger charge is 2.30. The second-order valence-corrected chi connectivity index (χ2v) is 6.41. The molecule has 0 unspecified atom stereocenters. The number of hydrogen-bond acceptors (Lipinski definition) is 4. The first-order valence-electron chi connectivity index (χ1n) is 7.93. The van der Waals surface area contributed by atoms with E-state index in [-0.39, 0.29) is 6.10 Å². The molecule has 21 heavy (non-hydrogen) atoms. The monoisotopic (exact) mass is 290 g/mol. The fourth-order valence-corrected chi connectivity index (χ4v) is 3.52. The quantitative estimate of drug-likeness (QED) is 0.916. The summed E-state index contributed by atoms with van der Waals surface area (Å²) in [6, 6.07) is 6.07. The van der Waals surface area contributed by atoms with Crippen molar-refractivity contribution in [1.82, 2.24) is 9.80 Å². The SMILES string of the molecule is COc1ccc2c(c1)CC[C@H](CN1CCN(C)CC1)[C@@H]2O. The van der Waals surface area contributed by atoms with Gasteiger partial charge in [-0.05, 0) is 43.1 Å². The van der Waals surface area contributed by atoms with Gasteiger partial charge in [0, 0.05) is 38.6 Å². The summed E-state index contributed by atoms with van der Waals surface area (Å²) in [4.78, 5) is 4.87. The summed E-state index contributed by atoms with van der Waals surface area (Å²) < 4.78 is 5.28. The molecule has 3 rings (SSSR count). The van der Waals surface area contributed by atoms with E-state index < -0.39 is 0 Å². The Balaban J connectivity index is 1.66. The van der Waals surface area contributed by atoms with Gasteiger partial charge in [0.15, 0.2) is 0 Å². The number of ether oxygens (including phenoxy) is 1. The van der Waals surface area contributed by atoms with Crippen molar-refractivity contribution >= 4 is 0 Å². The molecule has 1 fully saturated rings. The topological polar surface area (TPSA) is 35.9 Å². The zero-order valence-corrected chi connectivity index (χ0v) is 13.1. The predicted octanol–water partition coefficient (Wildman–Crippen LogP) is 1.54. The Morgan fingerprint density at radius 2 is 2.00 bits per heavy atom. The van der Waals surface area contributed by atoms with Crippen molar-refractivity contribution in [3.8, 4) is 5.75 Å². The largest absolute Gasteiger partial charge is 0.497 e. The standard InChI is InChI=1S/C17H26N2O2/c1-18-7-9-19(10-8-18)12-14-4-3-13-11-15(21-2)5-6-16(13)17(14)20/h5-6,11,14,17,20H,3-4,7-10,12H2,1-2H3/t14-,17+/m1/s1. The minimum atomic E-state index is -0.334. The van der Waals surface area contributed by atoms with Crippen molar-refractivity contribution < 1.29 is 9.84 Å². The fourth-order valence-electron chi connectivity index (χ4n) is 3.52. The lowest BCUT2D eigenvalue weighted by Gasteiger charge is -2.38. The summed E-state index contributed by atoms with van der Waals surface area (Å²) >= 11 is 0. The number of benzene rings is 1. The Morgan fingerprint density at radius 1 is 1.24 bits per heavy atom. The molecule has 0 aromatic heterocycles. The smallest absolute Gasteiger partial charge is 0.119 e. The van der Waals surface area contributed by atoms with Crippen LogP contribution in [0.3, 0.4) is 0 Å². The van der Waals surface area contributed by atoms with Gasteiger partial charge in [-0.3, -0.25) is 0 Å². The van der Waals surface area contributed by atoms with Gasteiger partial charge in [-0.2, -0.15) is 0 Å². The zero-order valence-electron chi connectivity index (χ0n) is 13.1. The maximum atomic E-state index is 10.7. The summed E-state index contributed by atoms with van der Waals surface area (Å²) in [5.74, 6) is 1.24. The molecular formula is C17H26N2O2. The van der Waals surface area contributed by atoms with Gasteiger partial charge < -0.3 is 19.6 Å². The zero-order chi connectivity index (χ0) is 14.8. The highest BCUT2D eigenvalue weighted by Crippen LogP contribution is 2.36. The number of aliphatic hydroxyl groups is 1. The predicted molar refractivity (Wildman–Crippen MR) is 83.7 cm³/mol. The van der Waals surface area contributed by atoms with Gasteiger partial charge in [-0.1, -0.05) is 6.07 Å². The van der Waals surface area contributed by atoms with Crippen LogP contribution in [0.2, 0.25) is 0 Å². The molecule has 0 radical (unpaired) electrons. The fraction of sp³-hybridized carbons (Fsp3) is 0.647. The summed E-state index contributed by atoms with van der Waals surface area (Å²) in [5, 5.41) is 10.7. The number of piperazine rings is 1. The molecular weight excluding hydrogens is 264 g/mol. The number of hydrogen-bond donors (Lipinski definition) is 1. The van der Waals surface area contributed by atoms with Crippen LogP contribution in [0.5, 0.6) is 5.75 Å². The molecule has 1 aliphatic carbocycles. The van der Waals surface area contributed by atoms with Crippen LogP contribution < -0.4 is 4.74 Å². The summed E-state index contributed by atoms with van der Waals surface area (Å²) in [5.41, 5.74) is 2.35. The number of rotatable bonds is 3. The molecule has 1 N–H and O–H groups in total. The Hall–Kier alpha value is -1.10. The molecule has 4 heteroatoms. The van der Waals surface area contributed by atoms with Crippen LogP contribution in [0.4, 0.5) is 0 Å². The average molecular weight is 290 g/mol. The lowest BCUT2D eigenvalue weighted by molar-refractivity contribution is 0.0513. The Bertz CT molecular complexity index is 484. The van der Waals surface area contributed by atoms with E-state index in [0.717, 1.165) is 56.9 Å². The van der Waals surface area contributed by atoms with Crippen LogP contribution >= 0.6 is 0 Å². The number of methoxy groups -OCH3 is 1. The molecule has 0 amide bonds. The van der Waals surface area contributed by atoms with E-state index in [0.29, 0.717) is 5.92 Å². The summed E-state index contributed by atoms with van der Waals surface area (Å²) in [7, 11) is 3.87. The number of aliphatic hydroxyl groups excluding tert-OH is 1. The molecule has 1 aliphatic heterocycles. The first-order valence-corrected chi connectivity index (χ1v) is 7.93. The first-order chi connectivity index (χ1) is 10.2. The highest BCUT2D eigenvalue weighted by atomic mass is 16.5. The third-order valence-corrected chi connectivity index (χ3v) is 4.99. The molecule has 116 valence electrons. The van der Waals surface area contributed by atoms with Crippen LogP contribution in [0.1, 0.15) is 23.7 Å². The normalized spacial score (nSPS) is 27.4. The van der Waals surface area contributed by atoms with Crippen LogP contribution in [-0.4, -0.2) is 61.8 Å². The van der Waals surface area contributed by atoms with E-state index >= 15 is 0 Å². The first kappa shape index (κ1) is 14.8. The summed E-state index contributed by atoms with van der Waals surface area (Å²) in [6.07, 6.45) is 1.77. The molecule has 0 spiro atoms. The Morgan fingerprint density at radius 3 is 2.71 bits per heavy atom. The third-order valence-electron chi connectivity index (χ3n) is 4.99. The van der Waals surface area contributed by atoms with E-state index in [1.54, 1.807) is 7.11 Å². The van der Waals surface area contributed by atoms with E-state index in [2.05, 4.69) is 22.9 Å². The van der Waals surface area contributed by atoms with Crippen molar-refractivity contribution in [1.29, 1.82) is 0 Å². The van der Waals surface area contributed by atoms with Crippen LogP contribution in [0.15, 0.2) is 18.2 Å². The van der Waals surface area contributed by atoms with Gasteiger partial charge in [0.25, 0.3) is 0 Å². The molecule has 0 saturated carbocycles. The minimum absolute atomic E-state index is 0.334. The second-order valence-electron chi connectivity index (χ2n) is 6.41. The van der Waals surface area contributed by atoms with Gasteiger partial charge in [0.05, 0.1) is 13.2 Å². The Kier molecular flexibility index (Phi) is 4.48. The molecule has 4 nitrogen and oxygen atoms in total. The lowest BCUT2D eigenvalue weighted by Crippen LogP contribution is -2.47. The average Bonchev–Trinajstić information content (AvgIpc) is 2.52. The number of nitrogens with zero attached hydrogens (tertiary/aromatic N) is 2. The summed E-state index contributed by atoms with van der Waals surface area (Å²) in [6.45, 7) is 5.53. The van der Waals surface area contributed by atoms with E-state index in [4.69, 9.17) is 4.74 Å². The van der Waals surface area contributed by atoms with Gasteiger partial charge >= 0.3 is 0 Å². The molecule has 1 saturated heterocycles. The maximum Gasteiger partial charge on any atom is 0.119 e. The molecule has 1 aromatic carbocycles. The van der Waals surface area contributed by atoms with Crippen LogP contribution in [-0.2, 0) is 6.42 Å². The van der Waals surface area contributed by atoms with Crippen LogP contribution in [0.25, 0.3) is 0 Å². The minimum Gasteiger partial charge on any atom is -0.497 e. The third kappa shape index (κ3) is 3.23. The van der Waals surface area contributed by atoms with Gasteiger partial charge in [0.1, 0.15) is 5.75 Å². The van der Waals surface area contributed by atoms with Gasteiger partial charge in [-0.15, -0.1) is 0 Å². The van der Waals surface area contributed by atoms with E-state index in [1.807, 2.05) is 12.1 Å². The molecule has 2 atom stereocenters. The van der Waals surface area contributed by atoms with Gasteiger partial charge in [0.2, 0.25) is 0 Å². The van der Waals surface area contributed by atoms with Crippen LogP contribution in [0, 0.1) is 5.92 Å². The maximum absolute atomic E-state index is 10.7. The molecule has 1 aromatic rings. The van der Waals surface area contributed by atoms with E-state index in [1.165, 1.54) is 5.56 Å². The number of fused-ring (bicyclic) bond motifs is 1. The van der Waals surface area contributed by atoms with Crippen molar-refractivity contribution in [3.05, 3.63) is 29.3 Å². The number of likely N-dealkylation sites (N-methyl/N-ethyl adjacent to an activating group) is 1. The molecule has 1 heterocycles. The number of aryl methyl sites for hydroxylation is 1. The van der Waals surface area contributed by atoms with Crippen molar-refractivity contribution in [2.75, 3.05) is 46.9 Å². The molecule has 0 bridgehead atoms. The van der Waals surface area contributed by atoms with Crippen molar-refractivity contribution in [2.45, 2.75) is 18.9 Å². The van der Waals surface area contributed by atoms with Gasteiger partial charge in [-0.25, -0.2) is 0 Å². The highest BCUT2D eigenvalue weighted by molar-refractivity contribution is 5.38. The van der Waals surface area contributed by atoms with Crippen molar-refractivity contribution in [3.63, 3.8) is 0 Å². The second kappa shape index (κ2) is 6.34. The molecule has 2 aliphatic rings. The van der Waals surface area contributed by atoms with Crippen molar-refractivity contribution in [2.24, 2.45) is 5.92 Å². The van der Waals surface area contributed by atoms with E-state index in [9.17, 15) is 5.11 Å².